The van der Waals surface area contributed by atoms with Crippen molar-refractivity contribution in [1.29, 1.82) is 0 Å². The largest absolute Gasteiger partial charge is 0.488 e. The first-order chi connectivity index (χ1) is 18.5. The number of halogens is 2. The number of nitrogens with zero attached hydrogens (tertiary/aromatic N) is 2. The fraction of sp³-hybridized carbons (Fsp3) is 0.0968. The second-order valence-corrected chi connectivity index (χ2v) is 10.5. The van der Waals surface area contributed by atoms with Crippen molar-refractivity contribution in [1.82, 2.24) is 4.90 Å². The Morgan fingerprint density at radius 2 is 1.58 bits per heavy atom. The fourth-order valence-electron chi connectivity index (χ4n) is 3.94. The zero-order valence-corrected chi connectivity index (χ0v) is 22.8. The maximum Gasteiger partial charge on any atom is 0.267 e. The molecule has 0 aliphatic carbocycles. The SMILES string of the molecule is O=C1/C(=C\c2ccc(OCc3cccc(F)c3)c(Br)c2)SC(=NCc2ccccc2)N1Cc1ccccc1. The highest BCUT2D eigenvalue weighted by atomic mass is 79.9. The van der Waals surface area contributed by atoms with Crippen LogP contribution in [0.5, 0.6) is 5.75 Å². The van der Waals surface area contributed by atoms with Crippen LogP contribution in [0.4, 0.5) is 4.39 Å². The van der Waals surface area contributed by atoms with E-state index in [-0.39, 0.29) is 18.3 Å². The minimum Gasteiger partial charge on any atom is -0.488 e. The number of benzene rings is 4. The van der Waals surface area contributed by atoms with Gasteiger partial charge in [0.1, 0.15) is 18.2 Å². The summed E-state index contributed by atoms with van der Waals surface area (Å²) in [5.74, 6) is 0.268. The van der Waals surface area contributed by atoms with Crippen LogP contribution in [0.2, 0.25) is 0 Å². The van der Waals surface area contributed by atoms with Crippen molar-refractivity contribution in [3.8, 4) is 5.75 Å². The molecule has 0 radical (unpaired) electrons. The second kappa shape index (κ2) is 12.2. The normalized spacial score (nSPS) is 15.4. The van der Waals surface area contributed by atoms with Crippen LogP contribution in [0.1, 0.15) is 22.3 Å². The number of carbonyl (C=O) groups is 1. The Kier molecular flexibility index (Phi) is 8.36. The van der Waals surface area contributed by atoms with Gasteiger partial charge in [0, 0.05) is 0 Å². The van der Waals surface area contributed by atoms with Crippen LogP contribution >= 0.6 is 27.7 Å². The van der Waals surface area contributed by atoms with Crippen molar-refractivity contribution < 1.29 is 13.9 Å². The summed E-state index contributed by atoms with van der Waals surface area (Å²) in [6.45, 7) is 1.20. The molecule has 0 bridgehead atoms. The molecule has 1 aliphatic rings. The minimum absolute atomic E-state index is 0.0757. The van der Waals surface area contributed by atoms with Gasteiger partial charge in [-0.05, 0) is 80.3 Å². The minimum atomic E-state index is -0.293. The molecule has 38 heavy (non-hydrogen) atoms. The number of amides is 1. The molecule has 1 heterocycles. The Hall–Kier alpha value is -3.68. The predicted molar refractivity (Wildman–Crippen MR) is 155 cm³/mol. The van der Waals surface area contributed by atoms with E-state index in [1.165, 1.54) is 23.9 Å². The van der Waals surface area contributed by atoms with Gasteiger partial charge in [0.25, 0.3) is 5.91 Å². The third kappa shape index (κ3) is 6.60. The molecule has 190 valence electrons. The number of thioether (sulfide) groups is 1. The van der Waals surface area contributed by atoms with E-state index < -0.39 is 0 Å². The molecule has 0 N–H and O–H groups in total. The lowest BCUT2D eigenvalue weighted by Crippen LogP contribution is -2.28. The van der Waals surface area contributed by atoms with Crippen molar-refractivity contribution >= 4 is 44.8 Å². The summed E-state index contributed by atoms with van der Waals surface area (Å²) in [6, 6.07) is 31.9. The molecular weight excluding hydrogens is 563 g/mol. The first-order valence-corrected chi connectivity index (χ1v) is 13.7. The monoisotopic (exact) mass is 586 g/mol. The van der Waals surface area contributed by atoms with E-state index in [4.69, 9.17) is 9.73 Å². The van der Waals surface area contributed by atoms with Gasteiger partial charge in [-0.3, -0.25) is 14.7 Å². The van der Waals surface area contributed by atoms with Crippen molar-refractivity contribution in [2.24, 2.45) is 4.99 Å². The molecule has 4 aromatic rings. The maximum atomic E-state index is 13.5. The molecule has 0 aromatic heterocycles. The summed E-state index contributed by atoms with van der Waals surface area (Å²) < 4.78 is 20.1. The molecule has 4 aromatic carbocycles. The number of aliphatic imine (C=N–C) groups is 1. The Labute approximate surface area is 234 Å². The standard InChI is InChI=1S/C31H24BrFN2O2S/c32-27-17-24(14-15-28(27)37-21-25-12-7-13-26(33)16-25)18-29-30(36)35(20-23-10-5-2-6-11-23)31(38-29)34-19-22-8-3-1-4-9-22/h1-18H,19-21H2/b29-18+,34-31?. The first kappa shape index (κ1) is 25.9. The molecule has 1 saturated heterocycles. The van der Waals surface area contributed by atoms with Crippen LogP contribution in [0.15, 0.2) is 117 Å². The molecule has 4 nitrogen and oxygen atoms in total. The van der Waals surface area contributed by atoms with Crippen LogP contribution in [0, 0.1) is 5.82 Å². The Morgan fingerprint density at radius 1 is 0.868 bits per heavy atom. The van der Waals surface area contributed by atoms with E-state index in [0.717, 1.165) is 26.7 Å². The Bertz CT molecular complexity index is 1490. The topological polar surface area (TPSA) is 41.9 Å². The molecule has 0 atom stereocenters. The zero-order chi connectivity index (χ0) is 26.3. The van der Waals surface area contributed by atoms with Crippen LogP contribution in [-0.2, 0) is 24.5 Å². The van der Waals surface area contributed by atoms with Gasteiger partial charge < -0.3 is 4.74 Å². The third-order valence-electron chi connectivity index (χ3n) is 5.85. The molecule has 0 saturated carbocycles. The highest BCUT2D eigenvalue weighted by molar-refractivity contribution is 9.10. The summed E-state index contributed by atoms with van der Waals surface area (Å²) in [5, 5.41) is 0.683. The van der Waals surface area contributed by atoms with Crippen LogP contribution in [0.25, 0.3) is 6.08 Å². The van der Waals surface area contributed by atoms with Gasteiger partial charge in [0.2, 0.25) is 0 Å². The fourth-order valence-corrected chi connectivity index (χ4v) is 5.42. The van der Waals surface area contributed by atoms with Crippen LogP contribution in [-0.4, -0.2) is 16.0 Å². The lowest BCUT2D eigenvalue weighted by molar-refractivity contribution is -0.122. The van der Waals surface area contributed by atoms with Crippen molar-refractivity contribution in [2.45, 2.75) is 19.7 Å². The summed E-state index contributed by atoms with van der Waals surface area (Å²) in [5.41, 5.74) is 3.73. The highest BCUT2D eigenvalue weighted by Gasteiger charge is 2.33. The number of carbonyl (C=O) groups excluding carboxylic acids is 1. The maximum absolute atomic E-state index is 13.5. The lowest BCUT2D eigenvalue weighted by Gasteiger charge is -2.15. The van der Waals surface area contributed by atoms with E-state index in [2.05, 4.69) is 15.9 Å². The average Bonchev–Trinajstić information content (AvgIpc) is 3.22. The van der Waals surface area contributed by atoms with Gasteiger partial charge in [-0.15, -0.1) is 0 Å². The summed E-state index contributed by atoms with van der Waals surface area (Å²) in [7, 11) is 0. The smallest absolute Gasteiger partial charge is 0.267 e. The third-order valence-corrected chi connectivity index (χ3v) is 7.51. The second-order valence-electron chi connectivity index (χ2n) is 8.68. The molecule has 1 fully saturated rings. The molecule has 0 spiro atoms. The number of rotatable bonds is 8. The van der Waals surface area contributed by atoms with Crippen molar-refractivity contribution in [3.63, 3.8) is 0 Å². The van der Waals surface area contributed by atoms with Crippen LogP contribution in [0.3, 0.4) is 0 Å². The van der Waals surface area contributed by atoms with E-state index >= 15 is 0 Å². The average molecular weight is 588 g/mol. The number of hydrogen-bond donors (Lipinski definition) is 0. The van der Waals surface area contributed by atoms with Gasteiger partial charge in [0.05, 0.1) is 22.5 Å². The zero-order valence-electron chi connectivity index (χ0n) is 20.4. The quantitative estimate of drug-likeness (QED) is 0.197. The Balaban J connectivity index is 1.35. The number of hydrogen-bond acceptors (Lipinski definition) is 4. The molecule has 1 aliphatic heterocycles. The van der Waals surface area contributed by atoms with Crippen molar-refractivity contribution in [3.05, 3.63) is 141 Å². The first-order valence-electron chi connectivity index (χ1n) is 12.1. The molecule has 0 unspecified atom stereocenters. The van der Waals surface area contributed by atoms with Crippen molar-refractivity contribution in [2.75, 3.05) is 0 Å². The molecule has 7 heteroatoms. The lowest BCUT2D eigenvalue weighted by atomic mass is 10.2. The molecule has 5 rings (SSSR count). The van der Waals surface area contributed by atoms with Gasteiger partial charge in [-0.2, -0.15) is 0 Å². The van der Waals surface area contributed by atoms with E-state index in [1.807, 2.05) is 91.0 Å². The Morgan fingerprint density at radius 3 is 2.29 bits per heavy atom. The van der Waals surface area contributed by atoms with E-state index in [0.29, 0.717) is 28.9 Å². The molecular formula is C31H24BrFN2O2S. The van der Waals surface area contributed by atoms with E-state index in [1.54, 1.807) is 11.0 Å². The highest BCUT2D eigenvalue weighted by Crippen LogP contribution is 2.35. The van der Waals surface area contributed by atoms with Gasteiger partial charge in [-0.1, -0.05) is 78.9 Å². The van der Waals surface area contributed by atoms with Gasteiger partial charge >= 0.3 is 0 Å². The number of ether oxygens (including phenoxy) is 1. The summed E-state index contributed by atoms with van der Waals surface area (Å²) in [4.78, 5) is 20.6. The molecule has 1 amide bonds. The van der Waals surface area contributed by atoms with E-state index in [9.17, 15) is 9.18 Å². The predicted octanol–water partition coefficient (Wildman–Crippen LogP) is 7.84. The van der Waals surface area contributed by atoms with Gasteiger partial charge in [-0.25, -0.2) is 4.39 Å². The number of amidine groups is 1. The summed E-state index contributed by atoms with van der Waals surface area (Å²) >= 11 is 4.95. The van der Waals surface area contributed by atoms with Gasteiger partial charge in [0.15, 0.2) is 5.17 Å². The summed E-state index contributed by atoms with van der Waals surface area (Å²) in [6.07, 6.45) is 1.87. The van der Waals surface area contributed by atoms with Crippen LogP contribution < -0.4 is 4.74 Å².